The average Bonchev–Trinajstić information content (AvgIpc) is 3.39. The molecular formula is C35H41NO10. The second-order valence-electron chi connectivity index (χ2n) is 12.6. The molecule has 46 heavy (non-hydrogen) atoms. The number of aromatic hydroxyl groups is 1. The number of amides is 1. The number of carbonyl (C=O) groups excluding carboxylic acids is 4. The zero-order valence-electron chi connectivity index (χ0n) is 26.8. The molecule has 1 amide bonds. The summed E-state index contributed by atoms with van der Waals surface area (Å²) >= 11 is 0. The van der Waals surface area contributed by atoms with Gasteiger partial charge < -0.3 is 34.6 Å². The molecule has 0 radical (unpaired) electrons. The van der Waals surface area contributed by atoms with Crippen molar-refractivity contribution in [3.05, 3.63) is 64.1 Å². The van der Waals surface area contributed by atoms with Crippen LogP contribution in [0.15, 0.2) is 46.1 Å². The smallest absolute Gasteiger partial charge is 0.303 e. The van der Waals surface area contributed by atoms with E-state index in [0.29, 0.717) is 28.7 Å². The molecule has 1 aromatic heterocycles. The van der Waals surface area contributed by atoms with E-state index in [1.807, 2.05) is 13.8 Å². The maximum Gasteiger partial charge on any atom is 0.303 e. The fourth-order valence-corrected chi connectivity index (χ4v) is 6.54. The lowest BCUT2D eigenvalue weighted by Crippen LogP contribution is -2.47. The van der Waals surface area contributed by atoms with Gasteiger partial charge in [0.25, 0.3) is 5.91 Å². The van der Waals surface area contributed by atoms with Gasteiger partial charge >= 0.3 is 5.97 Å². The van der Waals surface area contributed by atoms with E-state index in [9.17, 15) is 39.3 Å². The highest BCUT2D eigenvalue weighted by molar-refractivity contribution is 6.30. The molecule has 1 aliphatic heterocycles. The van der Waals surface area contributed by atoms with Gasteiger partial charge in [0.1, 0.15) is 23.4 Å². The number of hydrogen-bond donors (Lipinski definition) is 4. The highest BCUT2D eigenvalue weighted by Gasteiger charge is 2.42. The predicted octanol–water partition coefficient (Wildman–Crippen LogP) is 4.74. The number of allylic oxidation sites excluding steroid dienone is 4. The number of nitrogens with one attached hydrogen (secondary N) is 1. The number of aliphatic carboxylic acids is 1. The first kappa shape index (κ1) is 34.5. The van der Waals surface area contributed by atoms with E-state index in [1.54, 1.807) is 39.0 Å². The van der Waals surface area contributed by atoms with Crippen molar-refractivity contribution in [2.75, 3.05) is 0 Å². The largest absolute Gasteiger partial charge is 0.507 e. The number of ketones is 2. The number of aryl methyl sites for hydroxylation is 2. The van der Waals surface area contributed by atoms with Crippen LogP contribution >= 0.6 is 0 Å². The van der Waals surface area contributed by atoms with E-state index >= 15 is 0 Å². The van der Waals surface area contributed by atoms with Crippen LogP contribution in [0.3, 0.4) is 0 Å². The third-order valence-electron chi connectivity index (χ3n) is 9.24. The Morgan fingerprint density at radius 1 is 1.17 bits per heavy atom. The Labute approximate surface area is 267 Å². The number of Topliss-reactive ketones (excluding diaryl/α,β-unsaturated/α-hetero) is 1. The topological polar surface area (TPSA) is 180 Å². The first-order valence-electron chi connectivity index (χ1n) is 15.4. The van der Waals surface area contributed by atoms with E-state index in [4.69, 9.17) is 9.15 Å². The summed E-state index contributed by atoms with van der Waals surface area (Å²) in [7, 11) is 0. The molecule has 7 atom stereocenters. The predicted molar refractivity (Wildman–Crippen MR) is 168 cm³/mol. The van der Waals surface area contributed by atoms with Crippen molar-refractivity contribution in [1.29, 1.82) is 0 Å². The lowest BCUT2D eigenvalue weighted by Gasteiger charge is -2.44. The number of fused-ring (bicyclic) bond motifs is 3. The van der Waals surface area contributed by atoms with Crippen LogP contribution in [0.1, 0.15) is 79.0 Å². The molecule has 1 fully saturated rings. The Morgan fingerprint density at radius 2 is 1.87 bits per heavy atom. The van der Waals surface area contributed by atoms with Gasteiger partial charge in [0.2, 0.25) is 5.78 Å². The lowest BCUT2D eigenvalue weighted by atomic mass is 9.73. The monoisotopic (exact) mass is 635 g/mol. The molecule has 2 heterocycles. The minimum absolute atomic E-state index is 0.0274. The van der Waals surface area contributed by atoms with Crippen LogP contribution in [0, 0.1) is 37.5 Å². The summed E-state index contributed by atoms with van der Waals surface area (Å²) in [4.78, 5) is 61.9. The number of aldehydes is 1. The van der Waals surface area contributed by atoms with Crippen molar-refractivity contribution in [3.8, 4) is 5.75 Å². The van der Waals surface area contributed by atoms with E-state index in [1.165, 1.54) is 13.0 Å². The molecule has 246 valence electrons. The number of carboxylic acids is 1. The highest BCUT2D eigenvalue weighted by atomic mass is 16.5. The van der Waals surface area contributed by atoms with Crippen molar-refractivity contribution in [2.45, 2.75) is 79.1 Å². The summed E-state index contributed by atoms with van der Waals surface area (Å²) in [6, 6.07) is 1.63. The molecule has 2 aromatic rings. The van der Waals surface area contributed by atoms with Crippen molar-refractivity contribution in [1.82, 2.24) is 5.32 Å². The van der Waals surface area contributed by atoms with Crippen LogP contribution in [0.25, 0.3) is 11.0 Å². The SMILES string of the molecule is CC(=CC=CC(C)C(O)C(C)C1OC(CC=O)CC(CC(=O)O)C1C)C(=O)NC1=CC(=O)c2c(c(O)c(C)c3oc(C)cc23)C1=O. The molecule has 7 unspecified atom stereocenters. The standard InChI is InChI=1S/C35H41NO10/c1-16(30(41)20(5)33-19(4)22(14-27(39)40)13-23(46-33)10-11-37)8-7-9-17(2)35(44)36-25-15-26(38)28-24-12-18(3)45-34(24)21(6)31(42)29(28)32(25)43/h7-9,11-12,15-16,19-20,22-23,30,33,41-42H,10,13-14H2,1-6H3,(H,36,44)(H,39,40). The third kappa shape index (κ3) is 6.90. The average molecular weight is 636 g/mol. The maximum absolute atomic E-state index is 13.3. The highest BCUT2D eigenvalue weighted by Crippen LogP contribution is 2.40. The van der Waals surface area contributed by atoms with Gasteiger partial charge in [-0.05, 0) is 45.1 Å². The number of rotatable bonds is 11. The molecule has 1 aromatic carbocycles. The van der Waals surface area contributed by atoms with E-state index in [-0.39, 0.29) is 64.7 Å². The fourth-order valence-electron chi connectivity index (χ4n) is 6.54. The Hall–Kier alpha value is -4.35. The van der Waals surface area contributed by atoms with Crippen molar-refractivity contribution in [2.24, 2.45) is 23.7 Å². The molecule has 11 heteroatoms. The maximum atomic E-state index is 13.3. The first-order valence-corrected chi connectivity index (χ1v) is 15.4. The van der Waals surface area contributed by atoms with Gasteiger partial charge in [0.05, 0.1) is 29.6 Å². The van der Waals surface area contributed by atoms with Crippen LogP contribution in [-0.2, 0) is 19.1 Å². The van der Waals surface area contributed by atoms with Gasteiger partial charge in [0, 0.05) is 52.8 Å². The van der Waals surface area contributed by atoms with E-state index < -0.39 is 41.8 Å². The normalized spacial score (nSPS) is 24.0. The molecule has 11 nitrogen and oxygen atoms in total. The number of hydrogen-bond acceptors (Lipinski definition) is 9. The zero-order valence-corrected chi connectivity index (χ0v) is 26.8. The summed E-state index contributed by atoms with van der Waals surface area (Å²) in [6.07, 6.45) is 5.46. The molecule has 0 bridgehead atoms. The summed E-state index contributed by atoms with van der Waals surface area (Å²) in [5, 5.41) is 34.2. The van der Waals surface area contributed by atoms with Crippen molar-refractivity contribution in [3.63, 3.8) is 0 Å². The summed E-state index contributed by atoms with van der Waals surface area (Å²) in [5.41, 5.74) is 0.432. The second kappa shape index (κ2) is 14.0. The van der Waals surface area contributed by atoms with Crippen LogP contribution in [0.5, 0.6) is 5.75 Å². The van der Waals surface area contributed by atoms with Gasteiger partial charge in [-0.2, -0.15) is 0 Å². The van der Waals surface area contributed by atoms with Crippen LogP contribution in [-0.4, -0.2) is 63.4 Å². The number of phenols is 1. The molecule has 1 aliphatic carbocycles. The Balaban J connectivity index is 1.43. The quantitative estimate of drug-likeness (QED) is 0.153. The molecule has 0 saturated carbocycles. The van der Waals surface area contributed by atoms with Crippen LogP contribution < -0.4 is 5.32 Å². The Morgan fingerprint density at radius 3 is 2.52 bits per heavy atom. The van der Waals surface area contributed by atoms with Gasteiger partial charge in [-0.3, -0.25) is 19.2 Å². The van der Waals surface area contributed by atoms with E-state index in [2.05, 4.69) is 5.32 Å². The summed E-state index contributed by atoms with van der Waals surface area (Å²) in [6.45, 7) is 10.3. The number of benzene rings is 1. The minimum atomic E-state index is -0.919. The molecule has 4 N–H and O–H groups in total. The zero-order chi connectivity index (χ0) is 34.0. The number of phenolic OH excluding ortho intramolecular Hbond substituents is 1. The van der Waals surface area contributed by atoms with Gasteiger partial charge in [0.15, 0.2) is 5.78 Å². The van der Waals surface area contributed by atoms with Crippen LogP contribution in [0.2, 0.25) is 0 Å². The Kier molecular flexibility index (Phi) is 10.5. The molecular weight excluding hydrogens is 594 g/mol. The lowest BCUT2D eigenvalue weighted by molar-refractivity contribution is -0.159. The molecule has 1 saturated heterocycles. The van der Waals surface area contributed by atoms with E-state index in [0.717, 1.165) is 12.4 Å². The number of aliphatic hydroxyl groups is 1. The summed E-state index contributed by atoms with van der Waals surface area (Å²) < 4.78 is 11.8. The number of carboxylic acid groups (broad SMARTS) is 1. The Bertz CT molecular complexity index is 1660. The minimum Gasteiger partial charge on any atom is -0.507 e. The molecule has 2 aliphatic rings. The number of carbonyl (C=O) groups is 5. The van der Waals surface area contributed by atoms with Crippen LogP contribution in [0.4, 0.5) is 0 Å². The first-order chi connectivity index (χ1) is 21.7. The summed E-state index contributed by atoms with van der Waals surface area (Å²) in [5.74, 6) is -3.76. The second-order valence-corrected chi connectivity index (χ2v) is 12.6. The third-order valence-corrected chi connectivity index (χ3v) is 9.24. The number of ether oxygens (including phenoxy) is 1. The molecule has 0 spiro atoms. The van der Waals surface area contributed by atoms with Gasteiger partial charge in [-0.15, -0.1) is 0 Å². The number of furan rings is 1. The molecule has 4 rings (SSSR count). The van der Waals surface area contributed by atoms with Crippen molar-refractivity contribution < 1.29 is 48.4 Å². The van der Waals surface area contributed by atoms with Crippen molar-refractivity contribution >= 4 is 40.7 Å². The van der Waals surface area contributed by atoms with Gasteiger partial charge in [-0.1, -0.05) is 39.0 Å². The number of aliphatic hydroxyl groups excluding tert-OH is 1. The fraction of sp³-hybridized carbons (Fsp3) is 0.457. The van der Waals surface area contributed by atoms with Gasteiger partial charge in [-0.25, -0.2) is 0 Å².